The van der Waals surface area contributed by atoms with Crippen LogP contribution in [-0.4, -0.2) is 36.5 Å². The van der Waals surface area contributed by atoms with Gasteiger partial charge in [-0.05, 0) is 68.8 Å². The molecular formula is C17H23FN2O. The second-order valence-electron chi connectivity index (χ2n) is 6.35. The van der Waals surface area contributed by atoms with Crippen LogP contribution in [0, 0.1) is 18.7 Å². The average Bonchev–Trinajstić information content (AvgIpc) is 3.00. The van der Waals surface area contributed by atoms with Gasteiger partial charge >= 0.3 is 0 Å². The molecule has 1 amide bonds. The Hall–Kier alpha value is -1.42. The van der Waals surface area contributed by atoms with E-state index in [0.29, 0.717) is 17.5 Å². The lowest BCUT2D eigenvalue weighted by molar-refractivity contribution is 0.0674. The highest BCUT2D eigenvalue weighted by atomic mass is 19.1. The minimum Gasteiger partial charge on any atom is -0.339 e. The molecule has 0 aliphatic carbocycles. The van der Waals surface area contributed by atoms with E-state index in [0.717, 1.165) is 38.0 Å². The summed E-state index contributed by atoms with van der Waals surface area (Å²) in [5.74, 6) is 0.324. The van der Waals surface area contributed by atoms with Gasteiger partial charge in [-0.3, -0.25) is 4.79 Å². The summed E-state index contributed by atoms with van der Waals surface area (Å²) in [4.78, 5) is 14.4. The SMILES string of the molecule is Cc1cc(F)cc(C(=O)N2CCC(C3CCCN3)CC2)c1. The molecule has 4 heteroatoms. The maximum atomic E-state index is 13.4. The van der Waals surface area contributed by atoms with Gasteiger partial charge < -0.3 is 10.2 Å². The van der Waals surface area contributed by atoms with Gasteiger partial charge in [0.05, 0.1) is 0 Å². The molecule has 2 fully saturated rings. The molecule has 2 aliphatic heterocycles. The Morgan fingerprint density at radius 1 is 1.24 bits per heavy atom. The fourth-order valence-corrected chi connectivity index (χ4v) is 3.66. The number of carbonyl (C=O) groups is 1. The summed E-state index contributed by atoms with van der Waals surface area (Å²) in [6.45, 7) is 4.53. The number of piperidine rings is 1. The first kappa shape index (κ1) is 14.5. The Kier molecular flexibility index (Phi) is 4.24. The lowest BCUT2D eigenvalue weighted by atomic mass is 9.88. The van der Waals surface area contributed by atoms with Crippen molar-refractivity contribution >= 4 is 5.91 Å². The average molecular weight is 290 g/mol. The number of likely N-dealkylation sites (tertiary alicyclic amines) is 1. The fourth-order valence-electron chi connectivity index (χ4n) is 3.66. The van der Waals surface area contributed by atoms with Crippen LogP contribution in [-0.2, 0) is 0 Å². The first-order chi connectivity index (χ1) is 10.1. The molecule has 0 aromatic heterocycles. The second kappa shape index (κ2) is 6.14. The van der Waals surface area contributed by atoms with Crippen molar-refractivity contribution in [3.8, 4) is 0 Å². The normalized spacial score (nSPS) is 23.5. The number of halogens is 1. The first-order valence-electron chi connectivity index (χ1n) is 7.93. The molecule has 0 spiro atoms. The number of rotatable bonds is 2. The third kappa shape index (κ3) is 3.26. The number of amides is 1. The monoisotopic (exact) mass is 290 g/mol. The second-order valence-corrected chi connectivity index (χ2v) is 6.35. The molecule has 1 unspecified atom stereocenters. The van der Waals surface area contributed by atoms with E-state index >= 15 is 0 Å². The Balaban J connectivity index is 1.62. The predicted molar refractivity (Wildman–Crippen MR) is 80.8 cm³/mol. The summed E-state index contributed by atoms with van der Waals surface area (Å²) in [5.41, 5.74) is 1.27. The van der Waals surface area contributed by atoms with Gasteiger partial charge in [-0.25, -0.2) is 4.39 Å². The van der Waals surface area contributed by atoms with E-state index in [-0.39, 0.29) is 11.7 Å². The topological polar surface area (TPSA) is 32.3 Å². The van der Waals surface area contributed by atoms with Crippen LogP contribution in [0.25, 0.3) is 0 Å². The number of nitrogens with zero attached hydrogens (tertiary/aromatic N) is 1. The van der Waals surface area contributed by atoms with Crippen molar-refractivity contribution < 1.29 is 9.18 Å². The summed E-state index contributed by atoms with van der Waals surface area (Å²) < 4.78 is 13.4. The van der Waals surface area contributed by atoms with E-state index in [1.807, 2.05) is 11.8 Å². The molecule has 2 heterocycles. The molecule has 1 aromatic carbocycles. The molecule has 1 aromatic rings. The van der Waals surface area contributed by atoms with E-state index in [1.54, 1.807) is 6.07 Å². The van der Waals surface area contributed by atoms with Gasteiger partial charge in [0, 0.05) is 24.7 Å². The molecule has 0 radical (unpaired) electrons. The Labute approximate surface area is 125 Å². The molecule has 0 saturated carbocycles. The van der Waals surface area contributed by atoms with Crippen LogP contribution in [0.15, 0.2) is 18.2 Å². The van der Waals surface area contributed by atoms with Crippen LogP contribution in [0.4, 0.5) is 4.39 Å². The quantitative estimate of drug-likeness (QED) is 0.908. The van der Waals surface area contributed by atoms with E-state index < -0.39 is 0 Å². The van der Waals surface area contributed by atoms with Crippen LogP contribution in [0.2, 0.25) is 0 Å². The van der Waals surface area contributed by atoms with Crippen molar-refractivity contribution in [1.29, 1.82) is 0 Å². The minimum atomic E-state index is -0.330. The molecule has 3 rings (SSSR count). The molecule has 0 bridgehead atoms. The van der Waals surface area contributed by atoms with E-state index in [2.05, 4.69) is 5.32 Å². The zero-order valence-corrected chi connectivity index (χ0v) is 12.6. The van der Waals surface area contributed by atoms with Gasteiger partial charge in [0.15, 0.2) is 0 Å². The fraction of sp³-hybridized carbons (Fsp3) is 0.588. The number of aryl methyl sites for hydroxylation is 1. The summed E-state index contributed by atoms with van der Waals surface area (Å²) in [6.07, 6.45) is 4.64. The highest BCUT2D eigenvalue weighted by molar-refractivity contribution is 5.94. The molecular weight excluding hydrogens is 267 g/mol. The summed E-state index contributed by atoms with van der Waals surface area (Å²) >= 11 is 0. The van der Waals surface area contributed by atoms with Crippen molar-refractivity contribution in [1.82, 2.24) is 10.2 Å². The van der Waals surface area contributed by atoms with Crippen LogP contribution < -0.4 is 5.32 Å². The number of hydrogen-bond donors (Lipinski definition) is 1. The Bertz CT molecular complexity index is 497. The standard InChI is InChI=1S/C17H23FN2O/c1-12-9-14(11-15(18)10-12)17(21)20-7-4-13(5-8-20)16-3-2-6-19-16/h9-11,13,16,19H,2-8H2,1H3. The molecule has 2 saturated heterocycles. The van der Waals surface area contributed by atoms with Crippen LogP contribution >= 0.6 is 0 Å². The third-order valence-corrected chi connectivity index (χ3v) is 4.78. The maximum absolute atomic E-state index is 13.4. The van der Waals surface area contributed by atoms with Crippen molar-refractivity contribution in [2.45, 2.75) is 38.6 Å². The molecule has 1 N–H and O–H groups in total. The summed E-state index contributed by atoms with van der Waals surface area (Å²) in [7, 11) is 0. The smallest absolute Gasteiger partial charge is 0.253 e. The minimum absolute atomic E-state index is 0.0320. The first-order valence-corrected chi connectivity index (χ1v) is 7.93. The largest absolute Gasteiger partial charge is 0.339 e. The highest BCUT2D eigenvalue weighted by Crippen LogP contribution is 2.26. The third-order valence-electron chi connectivity index (χ3n) is 4.78. The van der Waals surface area contributed by atoms with Crippen molar-refractivity contribution in [2.24, 2.45) is 5.92 Å². The lowest BCUT2D eigenvalue weighted by Crippen LogP contribution is -2.43. The van der Waals surface area contributed by atoms with Crippen molar-refractivity contribution in [2.75, 3.05) is 19.6 Å². The maximum Gasteiger partial charge on any atom is 0.253 e. The van der Waals surface area contributed by atoms with Gasteiger partial charge in [-0.1, -0.05) is 0 Å². The van der Waals surface area contributed by atoms with Gasteiger partial charge in [0.25, 0.3) is 5.91 Å². The molecule has 2 aliphatic rings. The van der Waals surface area contributed by atoms with Gasteiger partial charge in [-0.2, -0.15) is 0 Å². The molecule has 114 valence electrons. The predicted octanol–water partition coefficient (Wildman–Crippen LogP) is 2.74. The van der Waals surface area contributed by atoms with Gasteiger partial charge in [0.1, 0.15) is 5.82 Å². The van der Waals surface area contributed by atoms with Crippen LogP contribution in [0.3, 0.4) is 0 Å². The highest BCUT2D eigenvalue weighted by Gasteiger charge is 2.30. The number of carbonyl (C=O) groups excluding carboxylic acids is 1. The molecule has 1 atom stereocenters. The number of benzene rings is 1. The van der Waals surface area contributed by atoms with E-state index in [4.69, 9.17) is 0 Å². The summed E-state index contributed by atoms with van der Waals surface area (Å²) in [5, 5.41) is 3.56. The zero-order chi connectivity index (χ0) is 14.8. The van der Waals surface area contributed by atoms with Gasteiger partial charge in [0.2, 0.25) is 0 Å². The van der Waals surface area contributed by atoms with Crippen LogP contribution in [0.5, 0.6) is 0 Å². The van der Waals surface area contributed by atoms with E-state index in [1.165, 1.54) is 25.0 Å². The number of nitrogens with one attached hydrogen (secondary N) is 1. The van der Waals surface area contributed by atoms with E-state index in [9.17, 15) is 9.18 Å². The Morgan fingerprint density at radius 3 is 2.62 bits per heavy atom. The summed E-state index contributed by atoms with van der Waals surface area (Å²) in [6, 6.07) is 5.21. The molecule has 21 heavy (non-hydrogen) atoms. The van der Waals surface area contributed by atoms with Gasteiger partial charge in [-0.15, -0.1) is 0 Å². The molecule has 3 nitrogen and oxygen atoms in total. The van der Waals surface area contributed by atoms with Crippen molar-refractivity contribution in [3.63, 3.8) is 0 Å². The van der Waals surface area contributed by atoms with Crippen molar-refractivity contribution in [3.05, 3.63) is 35.1 Å². The Morgan fingerprint density at radius 2 is 2.00 bits per heavy atom. The number of hydrogen-bond acceptors (Lipinski definition) is 2. The van der Waals surface area contributed by atoms with Crippen LogP contribution in [0.1, 0.15) is 41.6 Å². The lowest BCUT2D eigenvalue weighted by Gasteiger charge is -2.35. The zero-order valence-electron chi connectivity index (χ0n) is 12.6.